The number of hydrogen-bond donors (Lipinski definition) is 0. The van der Waals surface area contributed by atoms with Crippen LogP contribution in [0.2, 0.25) is 0 Å². The molecule has 0 fully saturated rings. The Labute approximate surface area is 511 Å². The van der Waals surface area contributed by atoms with Crippen LogP contribution in [0, 0.1) is 20.0 Å². The van der Waals surface area contributed by atoms with Crippen molar-refractivity contribution in [2.45, 2.75) is 39.9 Å². The van der Waals surface area contributed by atoms with Gasteiger partial charge in [-0.2, -0.15) is 0 Å². The molecule has 0 amide bonds. The normalized spacial score (nSPS) is 15.5. The van der Waals surface area contributed by atoms with Crippen molar-refractivity contribution in [3.8, 4) is 107 Å². The average Bonchev–Trinajstić information content (AvgIpc) is 1.52. The summed E-state index contributed by atoms with van der Waals surface area (Å²) in [5.74, 6) is 1.73. The number of aromatic nitrogens is 4. The molecule has 11 aromatic carbocycles. The summed E-state index contributed by atoms with van der Waals surface area (Å²) in [6.07, 6.45) is 5.50. The quantitative estimate of drug-likeness (QED) is 0.112. The van der Waals surface area contributed by atoms with E-state index < -0.39 is 115 Å². The Hall–Kier alpha value is -10.4. The topological polar surface area (TPSA) is 35.9 Å². The summed E-state index contributed by atoms with van der Waals surface area (Å²) >= 11 is 0. The van der Waals surface area contributed by atoms with Gasteiger partial charge in [0.2, 0.25) is 0 Å². The van der Waals surface area contributed by atoms with Gasteiger partial charge in [-0.1, -0.05) is 196 Å². The summed E-state index contributed by atoms with van der Waals surface area (Å²) in [4.78, 5) is 4.87. The standard InChI is InChI=1S/C78H58N4O/c1-50-20-16-21-51(2)75(50)69-33-18-31-68-70-45-54(57-43-55(52-22-8-6-9-23-52)42-56(44-57)53-24-10-7-11-25-53)36-38-64(70)62-28-12-13-29-63(62)67-32-19-35-72-77(67)81(76(68)69)49-80(72)59-26-17-27-60(47-59)83-61-37-39-66-65-30-14-15-34-71(65)82(73(66)48-61)74-46-58(40-41-79-74)78(3,4)5/h6-48H,1-5H3/i1D3,2D3,6D,7D,8D,9D,10D,11D,22D,23D,24D,25D,42D,43D,44D. The Morgan fingerprint density at radius 3 is 1.83 bits per heavy atom. The number of nitrogens with zero attached hydrogens (tertiary/aromatic N) is 4. The van der Waals surface area contributed by atoms with E-state index in [0.717, 1.165) is 33.2 Å². The number of benzene rings is 11. The molecule has 0 bridgehead atoms. The molecule has 83 heavy (non-hydrogen) atoms. The third kappa shape index (κ3) is 8.55. The van der Waals surface area contributed by atoms with Gasteiger partial charge in [0.05, 0.1) is 51.3 Å². The number of imidazole rings is 1. The zero-order valence-corrected chi connectivity index (χ0v) is 45.0. The van der Waals surface area contributed by atoms with Crippen LogP contribution in [0.3, 0.4) is 0 Å². The average molecular weight is 1090 g/mol. The van der Waals surface area contributed by atoms with E-state index in [0.29, 0.717) is 61.6 Å². The van der Waals surface area contributed by atoms with Crippen molar-refractivity contribution in [1.82, 2.24) is 14.1 Å². The number of aryl methyl sites for hydroxylation is 2. The van der Waals surface area contributed by atoms with Crippen LogP contribution >= 0.6 is 0 Å². The minimum Gasteiger partial charge on any atom is -0.458 e. The smallest absolute Gasteiger partial charge is 0.269 e. The number of hydrogen-bond acceptors (Lipinski definition) is 2. The van der Waals surface area contributed by atoms with Gasteiger partial charge in [0.25, 0.3) is 6.33 Å². The lowest BCUT2D eigenvalue weighted by atomic mass is 9.85. The Bertz CT molecular complexity index is 5760. The van der Waals surface area contributed by atoms with Gasteiger partial charge in [-0.15, -0.1) is 0 Å². The summed E-state index contributed by atoms with van der Waals surface area (Å²) in [7, 11) is 0. The highest BCUT2D eigenvalue weighted by atomic mass is 16.5. The van der Waals surface area contributed by atoms with Gasteiger partial charge in [-0.05, 0) is 186 Å². The minimum atomic E-state index is -2.89. The van der Waals surface area contributed by atoms with Gasteiger partial charge in [-0.3, -0.25) is 13.7 Å². The van der Waals surface area contributed by atoms with E-state index in [1.807, 2.05) is 114 Å². The second-order valence-corrected chi connectivity index (χ2v) is 21.5. The Kier molecular flexibility index (Phi) is 7.94. The van der Waals surface area contributed by atoms with E-state index in [1.165, 1.54) is 18.2 Å². The van der Waals surface area contributed by atoms with Crippen LogP contribution < -0.4 is 9.30 Å². The highest BCUT2D eigenvalue weighted by Crippen LogP contribution is 2.48. The van der Waals surface area contributed by atoms with Gasteiger partial charge in [0, 0.05) is 31.3 Å². The molecule has 5 nitrogen and oxygen atoms in total. The van der Waals surface area contributed by atoms with Crippen LogP contribution in [-0.2, 0) is 5.41 Å². The van der Waals surface area contributed by atoms with Crippen molar-refractivity contribution < 1.29 is 35.3 Å². The Morgan fingerprint density at radius 1 is 0.482 bits per heavy atom. The number of pyridine rings is 1. The second-order valence-electron chi connectivity index (χ2n) is 21.5. The van der Waals surface area contributed by atoms with Crippen LogP contribution in [0.4, 0.5) is 0 Å². The van der Waals surface area contributed by atoms with Crippen LogP contribution in [0.25, 0.3) is 128 Å². The molecular formula is C78H58N4O. The fourth-order valence-corrected chi connectivity index (χ4v) is 11.6. The summed E-state index contributed by atoms with van der Waals surface area (Å²) < 4.78 is 185. The number of ether oxygens (including phenoxy) is 1. The van der Waals surface area contributed by atoms with E-state index in [-0.39, 0.29) is 44.5 Å². The van der Waals surface area contributed by atoms with Crippen LogP contribution in [-0.4, -0.2) is 14.1 Å². The van der Waals surface area contributed by atoms with E-state index in [4.69, 9.17) is 31.7 Å². The molecule has 3 aromatic heterocycles. The van der Waals surface area contributed by atoms with E-state index >= 15 is 0 Å². The lowest BCUT2D eigenvalue weighted by molar-refractivity contribution is -0.570. The van der Waals surface area contributed by atoms with Crippen LogP contribution in [0.5, 0.6) is 11.5 Å². The lowest BCUT2D eigenvalue weighted by Gasteiger charge is -2.21. The fraction of sp³-hybridized carbons (Fsp3) is 0.0769. The van der Waals surface area contributed by atoms with Gasteiger partial charge in [0.1, 0.15) is 17.3 Å². The number of para-hydroxylation sites is 3. The molecule has 1 aliphatic heterocycles. The molecule has 1 aliphatic rings. The second kappa shape index (κ2) is 19.7. The molecule has 5 heteroatoms. The first-order chi connectivity index (χ1) is 48.5. The van der Waals surface area contributed by atoms with Gasteiger partial charge < -0.3 is 4.74 Å². The van der Waals surface area contributed by atoms with E-state index in [9.17, 15) is 4.11 Å². The largest absolute Gasteiger partial charge is 0.458 e. The molecule has 15 rings (SSSR count). The highest BCUT2D eigenvalue weighted by molar-refractivity contribution is 6.09. The fourth-order valence-electron chi connectivity index (χ4n) is 11.6. The van der Waals surface area contributed by atoms with Gasteiger partial charge in [-0.25, -0.2) is 4.98 Å². The molecule has 0 saturated heterocycles. The maximum absolute atomic E-state index is 10.1. The summed E-state index contributed by atoms with van der Waals surface area (Å²) in [5, 5.41) is 2.03. The molecule has 0 unspecified atom stereocenters. The molecule has 0 N–H and O–H groups in total. The Balaban J connectivity index is 1.00. The molecule has 0 aliphatic carbocycles. The van der Waals surface area contributed by atoms with Gasteiger partial charge in [0.15, 0.2) is 0 Å². The molecule has 14 aromatic rings. The third-order valence-electron chi connectivity index (χ3n) is 15.4. The van der Waals surface area contributed by atoms with Crippen molar-refractivity contribution >= 4 is 32.8 Å². The third-order valence-corrected chi connectivity index (χ3v) is 15.4. The maximum atomic E-state index is 10.1. The Morgan fingerprint density at radius 2 is 1.08 bits per heavy atom. The predicted octanol–water partition coefficient (Wildman–Crippen LogP) is 19.9. The lowest BCUT2D eigenvalue weighted by Crippen LogP contribution is -2.32. The summed E-state index contributed by atoms with van der Waals surface area (Å²) in [6, 6.07) is 43.1. The predicted molar refractivity (Wildman–Crippen MR) is 342 cm³/mol. The molecule has 0 saturated carbocycles. The van der Waals surface area contributed by atoms with E-state index in [2.05, 4.69) is 49.9 Å². The first-order valence-electron chi connectivity index (χ1n) is 36.5. The summed E-state index contributed by atoms with van der Waals surface area (Å²) in [5.41, 5.74) is 4.81. The van der Waals surface area contributed by atoms with Crippen molar-refractivity contribution in [3.05, 3.63) is 284 Å². The monoisotopic (exact) mass is 1090 g/mol. The SMILES string of the molecule is [2H]c1c([2H])c([2H])c(-c2c([2H])c(-c3ccc4c(c3)-c3cccc(-c5c(C([2H])([2H])[2H])cccc5C([2H])([2H])[2H])c3-[n+]3[c-]n(-c5cccc(Oc6ccc7c8ccccc8n(-c8cc(C(C)(C)C)ccn8)c7c6)c5)c5cccc(c53)-c3ccccc3-4)c([2H])c(-c3c([2H])c([2H])c([2H])c([2H])c3[2H])c2[2H])c([2H])c1[2H]. The number of fused-ring (bicyclic) bond motifs is 10. The zero-order valence-electron chi connectivity index (χ0n) is 64.0. The van der Waals surface area contributed by atoms with Crippen LogP contribution in [0.15, 0.2) is 261 Å². The molecule has 0 atom stereocenters. The molecule has 0 radical (unpaired) electrons. The zero-order chi connectivity index (χ0) is 72.2. The maximum Gasteiger partial charge on any atom is 0.269 e. The van der Waals surface area contributed by atoms with Gasteiger partial charge >= 0.3 is 0 Å². The molecule has 0 spiro atoms. The summed E-state index contributed by atoms with van der Waals surface area (Å²) in [6.45, 7) is 0.702. The molecular weight excluding hydrogens is 1010 g/mol. The molecule has 4 heterocycles. The number of rotatable bonds is 8. The molecule has 396 valence electrons. The first kappa shape index (κ1) is 33.4. The first-order valence-corrected chi connectivity index (χ1v) is 27.0. The highest BCUT2D eigenvalue weighted by Gasteiger charge is 2.28. The minimum absolute atomic E-state index is 0.0446. The van der Waals surface area contributed by atoms with E-state index in [1.54, 1.807) is 41.0 Å². The van der Waals surface area contributed by atoms with Crippen molar-refractivity contribution in [3.63, 3.8) is 0 Å². The van der Waals surface area contributed by atoms with Crippen LogP contribution in [0.1, 0.15) is 63.5 Å². The van der Waals surface area contributed by atoms with Crippen molar-refractivity contribution in [2.75, 3.05) is 0 Å². The van der Waals surface area contributed by atoms with Crippen molar-refractivity contribution in [1.29, 1.82) is 0 Å². The van der Waals surface area contributed by atoms with Crippen molar-refractivity contribution in [2.24, 2.45) is 0 Å².